The molecule has 1 saturated heterocycles. The lowest BCUT2D eigenvalue weighted by Gasteiger charge is -2.14. The Morgan fingerprint density at radius 2 is 2.00 bits per heavy atom. The normalized spacial score (nSPS) is 15.3. The molecule has 1 aliphatic rings. The summed E-state index contributed by atoms with van der Waals surface area (Å²) >= 11 is 6.37. The molecule has 0 spiro atoms. The van der Waals surface area contributed by atoms with Gasteiger partial charge in [0, 0.05) is 7.05 Å². The van der Waals surface area contributed by atoms with Crippen molar-refractivity contribution in [2.45, 2.75) is 13.5 Å². The number of amides is 3. The molecule has 1 heterocycles. The zero-order chi connectivity index (χ0) is 19.6. The van der Waals surface area contributed by atoms with E-state index in [0.29, 0.717) is 28.7 Å². The van der Waals surface area contributed by atoms with Gasteiger partial charge < -0.3 is 14.8 Å². The van der Waals surface area contributed by atoms with E-state index in [1.165, 1.54) is 14.2 Å². The summed E-state index contributed by atoms with van der Waals surface area (Å²) in [6.45, 7) is 2.36. The maximum absolute atomic E-state index is 12.0. The molecule has 3 rings (SSSR count). The van der Waals surface area contributed by atoms with Crippen molar-refractivity contribution in [3.8, 4) is 11.5 Å². The summed E-state index contributed by atoms with van der Waals surface area (Å²) in [5.74, 6) is 0.448. The van der Waals surface area contributed by atoms with Crippen LogP contribution in [-0.4, -0.2) is 31.0 Å². The summed E-state index contributed by atoms with van der Waals surface area (Å²) in [4.78, 5) is 24.6. The molecule has 140 valence electrons. The number of carbonyl (C=O) groups excluding carboxylic acids is 2. The number of methoxy groups -OCH3 is 1. The first-order valence-electron chi connectivity index (χ1n) is 8.25. The van der Waals surface area contributed by atoms with E-state index in [9.17, 15) is 9.59 Å². The van der Waals surface area contributed by atoms with Crippen LogP contribution in [0.15, 0.2) is 42.1 Å². The monoisotopic (exact) mass is 386 g/mol. The molecule has 0 saturated carbocycles. The van der Waals surface area contributed by atoms with Crippen molar-refractivity contribution in [1.82, 2.24) is 10.2 Å². The van der Waals surface area contributed by atoms with Gasteiger partial charge in [-0.05, 0) is 36.3 Å². The Labute approximate surface area is 162 Å². The number of hydrogen-bond donors (Lipinski definition) is 1. The molecule has 0 unspecified atom stereocenters. The molecule has 0 atom stereocenters. The predicted octanol–water partition coefficient (Wildman–Crippen LogP) is 3.76. The number of rotatable bonds is 5. The zero-order valence-electron chi connectivity index (χ0n) is 15.2. The lowest BCUT2D eigenvalue weighted by atomic mass is 10.1. The third-order valence-corrected chi connectivity index (χ3v) is 4.39. The SMILES string of the molecule is COc1cc(/C=C2/NC(=O)N(C)C2=O)cc(Cl)c1OCc1cccc(C)c1. The number of nitrogens with zero attached hydrogens (tertiary/aromatic N) is 1. The molecule has 2 aromatic carbocycles. The summed E-state index contributed by atoms with van der Waals surface area (Å²) in [6, 6.07) is 10.9. The second-order valence-corrected chi connectivity index (χ2v) is 6.57. The maximum atomic E-state index is 12.0. The number of hydrogen-bond acceptors (Lipinski definition) is 4. The molecule has 0 radical (unpaired) electrons. The third-order valence-electron chi connectivity index (χ3n) is 4.11. The van der Waals surface area contributed by atoms with Crippen molar-refractivity contribution in [3.05, 3.63) is 63.8 Å². The van der Waals surface area contributed by atoms with E-state index >= 15 is 0 Å². The summed E-state index contributed by atoms with van der Waals surface area (Å²) < 4.78 is 11.2. The first-order valence-corrected chi connectivity index (χ1v) is 8.63. The molecule has 1 fully saturated rings. The molecule has 0 bridgehead atoms. The standard InChI is InChI=1S/C20H19ClN2O4/c1-12-5-4-6-13(7-12)11-27-18-15(21)8-14(10-17(18)26-3)9-16-19(24)23(2)20(25)22-16/h4-10H,11H2,1-3H3,(H,22,25)/b16-9+. The van der Waals surface area contributed by atoms with Crippen molar-refractivity contribution in [3.63, 3.8) is 0 Å². The van der Waals surface area contributed by atoms with Gasteiger partial charge in [0.2, 0.25) is 0 Å². The van der Waals surface area contributed by atoms with Gasteiger partial charge in [0.15, 0.2) is 11.5 Å². The molecular formula is C20H19ClN2O4. The van der Waals surface area contributed by atoms with Crippen LogP contribution in [0.25, 0.3) is 6.08 Å². The number of benzene rings is 2. The van der Waals surface area contributed by atoms with E-state index in [1.54, 1.807) is 18.2 Å². The Morgan fingerprint density at radius 1 is 1.22 bits per heavy atom. The minimum atomic E-state index is -0.470. The van der Waals surface area contributed by atoms with E-state index in [4.69, 9.17) is 21.1 Å². The highest BCUT2D eigenvalue weighted by molar-refractivity contribution is 6.32. The smallest absolute Gasteiger partial charge is 0.328 e. The average molecular weight is 387 g/mol. The highest BCUT2D eigenvalue weighted by atomic mass is 35.5. The number of aryl methyl sites for hydroxylation is 1. The van der Waals surface area contributed by atoms with Gasteiger partial charge in [0.05, 0.1) is 12.1 Å². The summed E-state index contributed by atoms with van der Waals surface area (Å²) in [5.41, 5.74) is 2.94. The Balaban J connectivity index is 1.85. The minimum absolute atomic E-state index is 0.175. The number of urea groups is 1. The fourth-order valence-corrected chi connectivity index (χ4v) is 2.98. The fraction of sp³-hybridized carbons (Fsp3) is 0.200. The van der Waals surface area contributed by atoms with Crippen LogP contribution in [0.4, 0.5) is 4.79 Å². The van der Waals surface area contributed by atoms with Crippen LogP contribution < -0.4 is 14.8 Å². The minimum Gasteiger partial charge on any atom is -0.493 e. The van der Waals surface area contributed by atoms with E-state index in [0.717, 1.165) is 16.0 Å². The number of halogens is 1. The van der Waals surface area contributed by atoms with Gasteiger partial charge in [-0.1, -0.05) is 41.4 Å². The van der Waals surface area contributed by atoms with Gasteiger partial charge in [-0.25, -0.2) is 4.79 Å². The van der Waals surface area contributed by atoms with Crippen molar-refractivity contribution < 1.29 is 19.1 Å². The molecule has 0 aromatic heterocycles. The van der Waals surface area contributed by atoms with Crippen molar-refractivity contribution in [1.29, 1.82) is 0 Å². The molecule has 1 N–H and O–H groups in total. The van der Waals surface area contributed by atoms with Crippen LogP contribution >= 0.6 is 11.6 Å². The summed E-state index contributed by atoms with van der Waals surface area (Å²) in [5, 5.41) is 2.86. The quantitative estimate of drug-likeness (QED) is 0.627. The number of ether oxygens (including phenoxy) is 2. The van der Waals surface area contributed by atoms with Crippen LogP contribution in [0.2, 0.25) is 5.02 Å². The Hall–Kier alpha value is -2.99. The third kappa shape index (κ3) is 4.06. The molecule has 3 amide bonds. The van der Waals surface area contributed by atoms with Gasteiger partial charge in [-0.2, -0.15) is 0 Å². The number of carbonyl (C=O) groups is 2. The van der Waals surface area contributed by atoms with Crippen LogP contribution in [0.5, 0.6) is 11.5 Å². The number of imide groups is 1. The summed E-state index contributed by atoms with van der Waals surface area (Å²) in [7, 11) is 2.92. The second-order valence-electron chi connectivity index (χ2n) is 6.16. The van der Waals surface area contributed by atoms with Gasteiger partial charge in [0.25, 0.3) is 5.91 Å². The van der Waals surface area contributed by atoms with E-state index in [1.807, 2.05) is 31.2 Å². The highest BCUT2D eigenvalue weighted by Gasteiger charge is 2.30. The molecule has 2 aromatic rings. The van der Waals surface area contributed by atoms with Gasteiger partial charge in [-0.3, -0.25) is 9.69 Å². The molecular weight excluding hydrogens is 368 g/mol. The molecule has 27 heavy (non-hydrogen) atoms. The lowest BCUT2D eigenvalue weighted by molar-refractivity contribution is -0.121. The molecule has 1 aliphatic heterocycles. The van der Waals surface area contributed by atoms with E-state index < -0.39 is 11.9 Å². The molecule has 7 heteroatoms. The topological polar surface area (TPSA) is 67.9 Å². The highest BCUT2D eigenvalue weighted by Crippen LogP contribution is 2.37. The van der Waals surface area contributed by atoms with Gasteiger partial charge in [-0.15, -0.1) is 0 Å². The molecule has 0 aliphatic carbocycles. The fourth-order valence-electron chi connectivity index (χ4n) is 2.71. The molecule has 6 nitrogen and oxygen atoms in total. The Kier molecular flexibility index (Phi) is 5.37. The van der Waals surface area contributed by atoms with E-state index in [2.05, 4.69) is 5.32 Å². The number of likely N-dealkylation sites (N-methyl/N-ethyl adjacent to an activating group) is 1. The van der Waals surface area contributed by atoms with Crippen molar-refractivity contribution >= 4 is 29.6 Å². The maximum Gasteiger partial charge on any atom is 0.328 e. The number of nitrogens with one attached hydrogen (secondary N) is 1. The zero-order valence-corrected chi connectivity index (χ0v) is 16.0. The van der Waals surface area contributed by atoms with E-state index in [-0.39, 0.29) is 5.70 Å². The van der Waals surface area contributed by atoms with Crippen LogP contribution in [-0.2, 0) is 11.4 Å². The van der Waals surface area contributed by atoms with Gasteiger partial charge >= 0.3 is 6.03 Å². The van der Waals surface area contributed by atoms with Crippen LogP contribution in [0.1, 0.15) is 16.7 Å². The van der Waals surface area contributed by atoms with Crippen LogP contribution in [0, 0.1) is 6.92 Å². The first kappa shape index (κ1) is 18.8. The average Bonchev–Trinajstić information content (AvgIpc) is 2.87. The largest absolute Gasteiger partial charge is 0.493 e. The lowest BCUT2D eigenvalue weighted by Crippen LogP contribution is -2.25. The Bertz CT molecular complexity index is 940. The van der Waals surface area contributed by atoms with Crippen LogP contribution in [0.3, 0.4) is 0 Å². The van der Waals surface area contributed by atoms with Crippen molar-refractivity contribution in [2.24, 2.45) is 0 Å². The summed E-state index contributed by atoms with van der Waals surface area (Å²) in [6.07, 6.45) is 1.54. The Morgan fingerprint density at radius 3 is 2.63 bits per heavy atom. The predicted molar refractivity (Wildman–Crippen MR) is 103 cm³/mol. The first-order chi connectivity index (χ1) is 12.9. The van der Waals surface area contributed by atoms with Crippen molar-refractivity contribution in [2.75, 3.05) is 14.2 Å². The van der Waals surface area contributed by atoms with Gasteiger partial charge in [0.1, 0.15) is 12.3 Å². The second kappa shape index (κ2) is 7.72.